The highest BCUT2D eigenvalue weighted by molar-refractivity contribution is 6.27. The molecule has 0 fully saturated rings. The number of benzene rings is 4. The Morgan fingerprint density at radius 3 is 2.10 bits per heavy atom. The van der Waals surface area contributed by atoms with Crippen LogP contribution in [0.15, 0.2) is 90.4 Å². The Morgan fingerprint density at radius 2 is 1.48 bits per heavy atom. The number of allylic oxidation sites excluding steroid dienone is 1. The summed E-state index contributed by atoms with van der Waals surface area (Å²) < 4.78 is 1.95. The van der Waals surface area contributed by atoms with Gasteiger partial charge in [0.15, 0.2) is 0 Å². The van der Waals surface area contributed by atoms with Crippen LogP contribution < -0.4 is 0 Å². The van der Waals surface area contributed by atoms with E-state index in [4.69, 9.17) is 4.99 Å². The molecule has 0 radical (unpaired) electrons. The van der Waals surface area contributed by atoms with Crippen molar-refractivity contribution in [3.63, 3.8) is 0 Å². The number of hydrogen-bond acceptors (Lipinski definition) is 3. The third-order valence-corrected chi connectivity index (χ3v) is 5.24. The molecule has 0 saturated heterocycles. The minimum Gasteiger partial charge on any atom is -0.285 e. The molecule has 1 aromatic heterocycles. The van der Waals surface area contributed by atoms with Crippen LogP contribution in [0.25, 0.3) is 38.3 Å². The maximum atomic E-state index is 4.72. The van der Waals surface area contributed by atoms with Crippen molar-refractivity contribution < 1.29 is 0 Å². The van der Waals surface area contributed by atoms with Gasteiger partial charge in [0.05, 0.1) is 16.9 Å². The zero-order valence-corrected chi connectivity index (χ0v) is 16.2. The monoisotopic (exact) mass is 376 g/mol. The molecular weight excluding hydrogens is 356 g/mol. The third kappa shape index (κ3) is 2.64. The standard InChI is InChI=1S/C25H20N4/c1-3-21(26-4-2)24-17-11-5-7-13-19(17)25(20-14-8-6-12-18(20)24)29-23-16-10-9-15-22(23)27-28-29/h3,5-16H,1,4H2,2H3. The fraction of sp³-hybridized carbons (Fsp3) is 0.0800. The van der Waals surface area contributed by atoms with Crippen LogP contribution in [0.4, 0.5) is 0 Å². The minimum atomic E-state index is 0.708. The van der Waals surface area contributed by atoms with Crippen LogP contribution >= 0.6 is 0 Å². The highest BCUT2D eigenvalue weighted by atomic mass is 15.4. The molecule has 0 atom stereocenters. The Hall–Kier alpha value is -3.79. The number of hydrogen-bond donors (Lipinski definition) is 0. The van der Waals surface area contributed by atoms with Gasteiger partial charge in [-0.3, -0.25) is 4.99 Å². The smallest absolute Gasteiger partial charge is 0.113 e. The molecule has 0 bridgehead atoms. The van der Waals surface area contributed by atoms with Gasteiger partial charge < -0.3 is 0 Å². The van der Waals surface area contributed by atoms with E-state index in [1.807, 2.05) is 35.9 Å². The lowest BCUT2D eigenvalue weighted by molar-refractivity contribution is 0.833. The average Bonchev–Trinajstić information content (AvgIpc) is 3.20. The predicted molar refractivity (Wildman–Crippen MR) is 121 cm³/mol. The van der Waals surface area contributed by atoms with Gasteiger partial charge in [-0.15, -0.1) is 5.10 Å². The molecule has 29 heavy (non-hydrogen) atoms. The van der Waals surface area contributed by atoms with Gasteiger partial charge in [-0.25, -0.2) is 4.68 Å². The molecule has 0 aliphatic rings. The maximum Gasteiger partial charge on any atom is 0.113 e. The molecule has 0 N–H and O–H groups in total. The van der Waals surface area contributed by atoms with Gasteiger partial charge in [0.25, 0.3) is 0 Å². The fourth-order valence-electron chi connectivity index (χ4n) is 4.06. The van der Waals surface area contributed by atoms with E-state index < -0.39 is 0 Å². The SMILES string of the molecule is C=CC(=NCC)c1c2ccccc2c(-n2nnc3ccccc32)c2ccccc12. The maximum absolute atomic E-state index is 4.72. The number of rotatable bonds is 4. The van der Waals surface area contributed by atoms with E-state index in [0.29, 0.717) is 6.54 Å². The molecule has 140 valence electrons. The summed E-state index contributed by atoms with van der Waals surface area (Å²) in [7, 11) is 0. The van der Waals surface area contributed by atoms with Crippen LogP contribution in [0.3, 0.4) is 0 Å². The first kappa shape index (κ1) is 17.3. The molecule has 5 aromatic rings. The van der Waals surface area contributed by atoms with Crippen molar-refractivity contribution in [1.29, 1.82) is 0 Å². The van der Waals surface area contributed by atoms with E-state index >= 15 is 0 Å². The van der Waals surface area contributed by atoms with Gasteiger partial charge in [0.2, 0.25) is 0 Å². The van der Waals surface area contributed by atoms with Crippen molar-refractivity contribution in [2.24, 2.45) is 4.99 Å². The molecule has 0 amide bonds. The summed E-state index contributed by atoms with van der Waals surface area (Å²) in [6.07, 6.45) is 1.85. The average molecular weight is 376 g/mol. The molecule has 0 aliphatic heterocycles. The van der Waals surface area contributed by atoms with E-state index in [1.54, 1.807) is 0 Å². The Kier molecular flexibility index (Phi) is 4.17. The van der Waals surface area contributed by atoms with Gasteiger partial charge in [-0.05, 0) is 35.9 Å². The summed E-state index contributed by atoms with van der Waals surface area (Å²) in [6, 6.07) is 24.9. The van der Waals surface area contributed by atoms with Crippen LogP contribution in [0.5, 0.6) is 0 Å². The highest BCUT2D eigenvalue weighted by Crippen LogP contribution is 2.36. The first-order chi connectivity index (χ1) is 14.3. The number of fused-ring (bicyclic) bond motifs is 3. The molecule has 0 spiro atoms. The van der Waals surface area contributed by atoms with Crippen molar-refractivity contribution in [3.8, 4) is 5.69 Å². The van der Waals surface area contributed by atoms with Crippen LogP contribution in [0.2, 0.25) is 0 Å². The van der Waals surface area contributed by atoms with Gasteiger partial charge in [0, 0.05) is 22.9 Å². The van der Waals surface area contributed by atoms with Crippen molar-refractivity contribution in [2.45, 2.75) is 6.92 Å². The summed E-state index contributed by atoms with van der Waals surface area (Å²) >= 11 is 0. The topological polar surface area (TPSA) is 43.1 Å². The molecule has 4 nitrogen and oxygen atoms in total. The lowest BCUT2D eigenvalue weighted by Crippen LogP contribution is -2.05. The molecule has 0 unspecified atom stereocenters. The zero-order chi connectivity index (χ0) is 19.8. The van der Waals surface area contributed by atoms with Crippen LogP contribution in [-0.4, -0.2) is 27.3 Å². The molecular formula is C25H20N4. The van der Waals surface area contributed by atoms with E-state index in [1.165, 1.54) is 0 Å². The van der Waals surface area contributed by atoms with E-state index in [2.05, 4.69) is 71.5 Å². The molecule has 0 aliphatic carbocycles. The first-order valence-electron chi connectivity index (χ1n) is 9.75. The number of nitrogens with zero attached hydrogens (tertiary/aromatic N) is 4. The molecule has 0 saturated carbocycles. The van der Waals surface area contributed by atoms with Gasteiger partial charge in [-0.2, -0.15) is 0 Å². The van der Waals surface area contributed by atoms with Crippen molar-refractivity contribution in [1.82, 2.24) is 15.0 Å². The second kappa shape index (κ2) is 6.99. The van der Waals surface area contributed by atoms with Crippen molar-refractivity contribution >= 4 is 38.3 Å². The summed E-state index contributed by atoms with van der Waals surface area (Å²) in [5.74, 6) is 0. The zero-order valence-electron chi connectivity index (χ0n) is 16.2. The summed E-state index contributed by atoms with van der Waals surface area (Å²) in [4.78, 5) is 4.72. The Bertz CT molecular complexity index is 1350. The molecule has 5 rings (SSSR count). The second-order valence-electron chi connectivity index (χ2n) is 6.87. The summed E-state index contributed by atoms with van der Waals surface area (Å²) in [5.41, 5.74) is 4.93. The van der Waals surface area contributed by atoms with Crippen LogP contribution in [0.1, 0.15) is 12.5 Å². The Balaban J connectivity index is 2.01. The van der Waals surface area contributed by atoms with Gasteiger partial charge >= 0.3 is 0 Å². The molecule has 4 aromatic carbocycles. The minimum absolute atomic E-state index is 0.708. The first-order valence-corrected chi connectivity index (χ1v) is 9.75. The van der Waals surface area contributed by atoms with Gasteiger partial charge in [-0.1, -0.05) is 72.5 Å². The van der Waals surface area contributed by atoms with E-state index in [-0.39, 0.29) is 0 Å². The third-order valence-electron chi connectivity index (χ3n) is 5.24. The Morgan fingerprint density at radius 1 is 0.897 bits per heavy atom. The van der Waals surface area contributed by atoms with Crippen molar-refractivity contribution in [2.75, 3.05) is 6.54 Å². The molecule has 1 heterocycles. The quantitative estimate of drug-likeness (QED) is 0.297. The lowest BCUT2D eigenvalue weighted by Gasteiger charge is -2.17. The predicted octanol–water partition coefficient (Wildman–Crippen LogP) is 5.72. The Labute approximate surface area is 168 Å². The van der Waals surface area contributed by atoms with Crippen molar-refractivity contribution in [3.05, 3.63) is 91.0 Å². The van der Waals surface area contributed by atoms with Crippen LogP contribution in [0, 0.1) is 0 Å². The van der Waals surface area contributed by atoms with Crippen LogP contribution in [-0.2, 0) is 0 Å². The molecule has 4 heteroatoms. The second-order valence-corrected chi connectivity index (χ2v) is 6.87. The number of aliphatic imine (C=N–C) groups is 1. The summed E-state index contributed by atoms with van der Waals surface area (Å²) in [5, 5.41) is 13.4. The van der Waals surface area contributed by atoms with E-state index in [0.717, 1.165) is 49.5 Å². The number of para-hydroxylation sites is 1. The lowest BCUT2D eigenvalue weighted by atomic mass is 9.92. The summed E-state index contributed by atoms with van der Waals surface area (Å²) in [6.45, 7) is 6.78. The van der Waals surface area contributed by atoms with E-state index in [9.17, 15) is 0 Å². The fourth-order valence-corrected chi connectivity index (χ4v) is 4.06. The highest BCUT2D eigenvalue weighted by Gasteiger charge is 2.19. The number of aromatic nitrogens is 3. The normalized spacial score (nSPS) is 12.1. The van der Waals surface area contributed by atoms with Gasteiger partial charge in [0.1, 0.15) is 5.52 Å². The largest absolute Gasteiger partial charge is 0.285 e.